The summed E-state index contributed by atoms with van der Waals surface area (Å²) >= 11 is 0. The molecule has 0 aliphatic heterocycles. The van der Waals surface area contributed by atoms with Crippen molar-refractivity contribution in [2.24, 2.45) is 10.9 Å². The van der Waals surface area contributed by atoms with E-state index in [-0.39, 0.29) is 5.84 Å². The fourth-order valence-electron chi connectivity index (χ4n) is 1.35. The lowest BCUT2D eigenvalue weighted by molar-refractivity contribution is 0.316. The SMILES string of the molecule is NC(CCCNCCc1ccncc1)=NO. The molecule has 1 rings (SSSR count). The van der Waals surface area contributed by atoms with E-state index in [9.17, 15) is 0 Å². The highest BCUT2D eigenvalue weighted by Gasteiger charge is 1.94. The van der Waals surface area contributed by atoms with Crippen LogP contribution in [-0.2, 0) is 6.42 Å². The van der Waals surface area contributed by atoms with Crippen molar-refractivity contribution >= 4 is 5.84 Å². The summed E-state index contributed by atoms with van der Waals surface area (Å²) in [5, 5.41) is 14.5. The Morgan fingerprint density at radius 3 is 2.81 bits per heavy atom. The molecule has 0 aromatic carbocycles. The Kier molecular flexibility index (Phi) is 5.95. The van der Waals surface area contributed by atoms with E-state index < -0.39 is 0 Å². The molecule has 4 N–H and O–H groups in total. The first-order chi connectivity index (χ1) is 7.83. The molecule has 5 nitrogen and oxygen atoms in total. The summed E-state index contributed by atoms with van der Waals surface area (Å²) in [5.74, 6) is 0.288. The van der Waals surface area contributed by atoms with Crippen molar-refractivity contribution < 1.29 is 5.21 Å². The number of rotatable bonds is 7. The second-order valence-corrected chi connectivity index (χ2v) is 3.55. The molecule has 1 aromatic heterocycles. The number of aromatic nitrogens is 1. The zero-order valence-electron chi connectivity index (χ0n) is 9.26. The second-order valence-electron chi connectivity index (χ2n) is 3.55. The summed E-state index contributed by atoms with van der Waals surface area (Å²) in [5.41, 5.74) is 6.62. The Hall–Kier alpha value is -1.62. The van der Waals surface area contributed by atoms with Crippen molar-refractivity contribution in [2.75, 3.05) is 13.1 Å². The number of oxime groups is 1. The van der Waals surface area contributed by atoms with Gasteiger partial charge in [0, 0.05) is 18.8 Å². The molecule has 5 heteroatoms. The van der Waals surface area contributed by atoms with Crippen LogP contribution in [0.15, 0.2) is 29.7 Å². The van der Waals surface area contributed by atoms with E-state index in [2.05, 4.69) is 15.5 Å². The minimum absolute atomic E-state index is 0.288. The first-order valence-corrected chi connectivity index (χ1v) is 5.39. The molecule has 0 bridgehead atoms. The van der Waals surface area contributed by atoms with Gasteiger partial charge < -0.3 is 16.3 Å². The molecule has 0 spiro atoms. The van der Waals surface area contributed by atoms with Gasteiger partial charge in [0.25, 0.3) is 0 Å². The van der Waals surface area contributed by atoms with Crippen molar-refractivity contribution in [1.82, 2.24) is 10.3 Å². The van der Waals surface area contributed by atoms with Gasteiger partial charge in [-0.05, 0) is 43.6 Å². The zero-order valence-corrected chi connectivity index (χ0v) is 9.26. The van der Waals surface area contributed by atoms with Crippen LogP contribution in [-0.4, -0.2) is 29.1 Å². The Bertz CT molecular complexity index is 313. The van der Waals surface area contributed by atoms with Gasteiger partial charge >= 0.3 is 0 Å². The monoisotopic (exact) mass is 222 g/mol. The fraction of sp³-hybridized carbons (Fsp3) is 0.455. The number of nitrogens with two attached hydrogens (primary N) is 1. The van der Waals surface area contributed by atoms with Crippen LogP contribution in [0.3, 0.4) is 0 Å². The van der Waals surface area contributed by atoms with E-state index >= 15 is 0 Å². The van der Waals surface area contributed by atoms with Crippen LogP contribution >= 0.6 is 0 Å². The predicted molar refractivity (Wildman–Crippen MR) is 63.5 cm³/mol. The number of nitrogens with zero attached hydrogens (tertiary/aromatic N) is 2. The second kappa shape index (κ2) is 7.64. The van der Waals surface area contributed by atoms with E-state index in [1.165, 1.54) is 5.56 Å². The lowest BCUT2D eigenvalue weighted by atomic mass is 10.2. The van der Waals surface area contributed by atoms with Crippen molar-refractivity contribution in [2.45, 2.75) is 19.3 Å². The van der Waals surface area contributed by atoms with Crippen molar-refractivity contribution in [3.05, 3.63) is 30.1 Å². The van der Waals surface area contributed by atoms with E-state index in [0.717, 1.165) is 25.9 Å². The lowest BCUT2D eigenvalue weighted by Gasteiger charge is -2.04. The molecule has 0 aliphatic rings. The largest absolute Gasteiger partial charge is 0.409 e. The zero-order chi connectivity index (χ0) is 11.6. The lowest BCUT2D eigenvalue weighted by Crippen LogP contribution is -2.20. The van der Waals surface area contributed by atoms with Crippen LogP contribution < -0.4 is 11.1 Å². The summed E-state index contributed by atoms with van der Waals surface area (Å²) < 4.78 is 0. The van der Waals surface area contributed by atoms with Gasteiger partial charge in [-0.15, -0.1) is 0 Å². The topological polar surface area (TPSA) is 83.5 Å². The summed E-state index contributed by atoms with van der Waals surface area (Å²) in [4.78, 5) is 3.96. The van der Waals surface area contributed by atoms with E-state index in [0.29, 0.717) is 6.42 Å². The minimum atomic E-state index is 0.288. The third kappa shape index (κ3) is 5.31. The number of pyridine rings is 1. The number of amidine groups is 1. The molecule has 0 aliphatic carbocycles. The summed E-state index contributed by atoms with van der Waals surface area (Å²) in [7, 11) is 0. The van der Waals surface area contributed by atoms with Crippen LogP contribution in [0, 0.1) is 0 Å². The van der Waals surface area contributed by atoms with E-state index in [4.69, 9.17) is 10.9 Å². The Morgan fingerprint density at radius 2 is 2.12 bits per heavy atom. The summed E-state index contributed by atoms with van der Waals surface area (Å²) in [6.45, 7) is 1.81. The van der Waals surface area contributed by atoms with Crippen LogP contribution in [0.4, 0.5) is 0 Å². The maximum atomic E-state index is 8.32. The highest BCUT2D eigenvalue weighted by Crippen LogP contribution is 1.96. The molecule has 0 saturated heterocycles. The smallest absolute Gasteiger partial charge is 0.139 e. The highest BCUT2D eigenvalue weighted by molar-refractivity contribution is 5.79. The molecule has 0 unspecified atom stereocenters. The van der Waals surface area contributed by atoms with Crippen LogP contribution in [0.25, 0.3) is 0 Å². The maximum Gasteiger partial charge on any atom is 0.139 e. The van der Waals surface area contributed by atoms with Crippen molar-refractivity contribution in [1.29, 1.82) is 0 Å². The molecule has 16 heavy (non-hydrogen) atoms. The van der Waals surface area contributed by atoms with Crippen LogP contribution in [0.5, 0.6) is 0 Å². The van der Waals surface area contributed by atoms with E-state index in [1.54, 1.807) is 12.4 Å². The normalized spacial score (nSPS) is 11.6. The van der Waals surface area contributed by atoms with E-state index in [1.807, 2.05) is 12.1 Å². The molecule has 0 atom stereocenters. The number of nitrogens with one attached hydrogen (secondary N) is 1. The fourth-order valence-corrected chi connectivity index (χ4v) is 1.35. The van der Waals surface area contributed by atoms with Gasteiger partial charge in [0.15, 0.2) is 0 Å². The molecule has 1 aromatic rings. The van der Waals surface area contributed by atoms with Gasteiger partial charge in [-0.3, -0.25) is 4.98 Å². The van der Waals surface area contributed by atoms with Gasteiger partial charge in [0.1, 0.15) is 5.84 Å². The Labute approximate surface area is 95.4 Å². The first-order valence-electron chi connectivity index (χ1n) is 5.39. The molecular weight excluding hydrogens is 204 g/mol. The summed E-state index contributed by atoms with van der Waals surface area (Å²) in [6, 6.07) is 4.02. The quantitative estimate of drug-likeness (QED) is 0.209. The Balaban J connectivity index is 2.01. The van der Waals surface area contributed by atoms with Gasteiger partial charge in [0.05, 0.1) is 0 Å². The third-order valence-electron chi connectivity index (χ3n) is 2.25. The van der Waals surface area contributed by atoms with Gasteiger partial charge in [-0.2, -0.15) is 0 Å². The molecular formula is C11H18N4O. The van der Waals surface area contributed by atoms with Gasteiger partial charge in [-0.25, -0.2) is 0 Å². The van der Waals surface area contributed by atoms with Crippen LogP contribution in [0.2, 0.25) is 0 Å². The molecule has 0 saturated carbocycles. The van der Waals surface area contributed by atoms with Crippen molar-refractivity contribution in [3.8, 4) is 0 Å². The Morgan fingerprint density at radius 1 is 1.38 bits per heavy atom. The molecule has 88 valence electrons. The maximum absolute atomic E-state index is 8.32. The first kappa shape index (κ1) is 12.4. The number of hydrogen-bond acceptors (Lipinski definition) is 4. The van der Waals surface area contributed by atoms with Crippen LogP contribution in [0.1, 0.15) is 18.4 Å². The molecule has 1 heterocycles. The number of hydrogen-bond donors (Lipinski definition) is 3. The molecule has 0 amide bonds. The molecule has 0 fully saturated rings. The summed E-state index contributed by atoms with van der Waals surface area (Å²) in [6.07, 6.45) is 6.10. The third-order valence-corrected chi connectivity index (χ3v) is 2.25. The average molecular weight is 222 g/mol. The molecule has 0 radical (unpaired) electrons. The standard InChI is InChI=1S/C11H18N4O/c12-11(15-16)2-1-6-13-7-3-10-4-8-14-9-5-10/h4-5,8-9,13,16H,1-3,6-7H2,(H2,12,15). The van der Waals surface area contributed by atoms with Gasteiger partial charge in [0.2, 0.25) is 0 Å². The minimum Gasteiger partial charge on any atom is -0.409 e. The average Bonchev–Trinajstić information content (AvgIpc) is 2.34. The van der Waals surface area contributed by atoms with Gasteiger partial charge in [-0.1, -0.05) is 5.16 Å². The predicted octanol–water partition coefficient (Wildman–Crippen LogP) is 0.740. The van der Waals surface area contributed by atoms with Crippen molar-refractivity contribution in [3.63, 3.8) is 0 Å². The highest BCUT2D eigenvalue weighted by atomic mass is 16.4.